The van der Waals surface area contributed by atoms with Gasteiger partial charge in [-0.05, 0) is 40.2 Å². The Morgan fingerprint density at radius 2 is 1.90 bits per heavy atom. The van der Waals surface area contributed by atoms with E-state index >= 15 is 0 Å². The van der Waals surface area contributed by atoms with Crippen molar-refractivity contribution in [2.24, 2.45) is 0 Å². The first-order chi connectivity index (χ1) is 9.51. The number of methoxy groups -OCH3 is 1. The summed E-state index contributed by atoms with van der Waals surface area (Å²) in [5.41, 5.74) is 0.688. The molecule has 0 saturated heterocycles. The summed E-state index contributed by atoms with van der Waals surface area (Å²) in [5, 5.41) is 2.97. The molecular weight excluding hydrogens is 396 g/mol. The summed E-state index contributed by atoms with van der Waals surface area (Å²) in [7, 11) is 1.55. The fourth-order valence-electron chi connectivity index (χ4n) is 1.70. The topological polar surface area (TPSA) is 21.3 Å². The van der Waals surface area contributed by atoms with Gasteiger partial charge < -0.3 is 10.1 Å². The van der Waals surface area contributed by atoms with Gasteiger partial charge in [0.25, 0.3) is 0 Å². The Kier molecular flexibility index (Phi) is 4.99. The van der Waals surface area contributed by atoms with E-state index in [9.17, 15) is 8.78 Å². The Morgan fingerprint density at radius 3 is 2.60 bits per heavy atom. The van der Waals surface area contributed by atoms with Gasteiger partial charge in [-0.15, -0.1) is 0 Å². The lowest BCUT2D eigenvalue weighted by atomic mass is 10.2. The zero-order chi connectivity index (χ0) is 14.7. The summed E-state index contributed by atoms with van der Waals surface area (Å²) >= 11 is 6.39. The molecule has 0 aliphatic carbocycles. The molecule has 1 N–H and O–H groups in total. The van der Waals surface area contributed by atoms with Gasteiger partial charge in [0.15, 0.2) is 0 Å². The predicted octanol–water partition coefficient (Wildman–Crippen LogP) is 5.11. The van der Waals surface area contributed by atoms with E-state index in [1.165, 1.54) is 12.1 Å². The van der Waals surface area contributed by atoms with Crippen LogP contribution in [0.25, 0.3) is 0 Å². The number of nitrogens with one attached hydrogen (secondary N) is 1. The third-order valence-corrected chi connectivity index (χ3v) is 3.79. The van der Waals surface area contributed by atoms with Crippen molar-refractivity contribution in [3.8, 4) is 5.75 Å². The molecule has 2 nitrogen and oxygen atoms in total. The molecule has 0 radical (unpaired) electrons. The summed E-state index contributed by atoms with van der Waals surface area (Å²) in [4.78, 5) is 0. The highest BCUT2D eigenvalue weighted by Gasteiger charge is 2.12. The molecule has 0 bridgehead atoms. The second-order valence-corrected chi connectivity index (χ2v) is 5.83. The monoisotopic (exact) mass is 405 g/mol. The number of anilines is 1. The van der Waals surface area contributed by atoms with Crippen LogP contribution in [0.2, 0.25) is 0 Å². The minimum absolute atomic E-state index is 0.0154. The molecule has 0 amide bonds. The van der Waals surface area contributed by atoms with Crippen molar-refractivity contribution in [1.29, 1.82) is 0 Å². The van der Waals surface area contributed by atoms with Crippen LogP contribution in [0.1, 0.15) is 5.56 Å². The molecule has 0 aliphatic rings. The molecule has 0 atom stereocenters. The van der Waals surface area contributed by atoms with Gasteiger partial charge in [0, 0.05) is 28.3 Å². The SMILES string of the molecule is COc1cc(Br)cc(NCc2c(F)ccc(Br)c2F)c1. The maximum Gasteiger partial charge on any atom is 0.145 e. The third-order valence-electron chi connectivity index (χ3n) is 2.72. The van der Waals surface area contributed by atoms with Crippen LogP contribution in [-0.4, -0.2) is 7.11 Å². The van der Waals surface area contributed by atoms with Crippen molar-refractivity contribution in [3.63, 3.8) is 0 Å². The molecule has 0 saturated carbocycles. The fourth-order valence-corrected chi connectivity index (χ4v) is 2.55. The van der Waals surface area contributed by atoms with Crippen LogP contribution < -0.4 is 10.1 Å². The highest BCUT2D eigenvalue weighted by Crippen LogP contribution is 2.26. The number of ether oxygens (including phenoxy) is 1. The maximum atomic E-state index is 13.8. The van der Waals surface area contributed by atoms with Crippen molar-refractivity contribution in [2.75, 3.05) is 12.4 Å². The van der Waals surface area contributed by atoms with Gasteiger partial charge in [0.2, 0.25) is 0 Å². The molecule has 0 unspecified atom stereocenters. The van der Waals surface area contributed by atoms with Gasteiger partial charge in [-0.25, -0.2) is 8.78 Å². The van der Waals surface area contributed by atoms with E-state index in [1.807, 2.05) is 0 Å². The molecule has 2 rings (SSSR count). The van der Waals surface area contributed by atoms with E-state index < -0.39 is 11.6 Å². The van der Waals surface area contributed by atoms with E-state index in [0.29, 0.717) is 11.4 Å². The highest BCUT2D eigenvalue weighted by molar-refractivity contribution is 9.10. The molecule has 2 aromatic carbocycles. The second-order valence-electron chi connectivity index (χ2n) is 4.06. The van der Waals surface area contributed by atoms with Gasteiger partial charge in [0.1, 0.15) is 17.4 Å². The van der Waals surface area contributed by atoms with Gasteiger partial charge in [-0.2, -0.15) is 0 Å². The first-order valence-corrected chi connectivity index (χ1v) is 7.30. The van der Waals surface area contributed by atoms with Gasteiger partial charge in [-0.3, -0.25) is 0 Å². The molecule has 0 aromatic heterocycles. The van der Waals surface area contributed by atoms with E-state index in [0.717, 1.165) is 4.47 Å². The molecule has 0 fully saturated rings. The lowest BCUT2D eigenvalue weighted by Crippen LogP contribution is -2.05. The average molecular weight is 407 g/mol. The predicted molar refractivity (Wildman–Crippen MR) is 82.1 cm³/mol. The van der Waals surface area contributed by atoms with Crippen LogP contribution in [0, 0.1) is 11.6 Å². The Balaban J connectivity index is 2.21. The molecule has 0 spiro atoms. The maximum absolute atomic E-state index is 13.8. The Morgan fingerprint density at radius 1 is 1.15 bits per heavy atom. The third kappa shape index (κ3) is 3.49. The molecule has 106 valence electrons. The summed E-state index contributed by atoms with van der Waals surface area (Å²) in [6, 6.07) is 7.92. The van der Waals surface area contributed by atoms with Crippen LogP contribution >= 0.6 is 31.9 Å². The Hall–Kier alpha value is -1.14. The number of rotatable bonds is 4. The van der Waals surface area contributed by atoms with Crippen molar-refractivity contribution < 1.29 is 13.5 Å². The van der Waals surface area contributed by atoms with E-state index in [2.05, 4.69) is 37.2 Å². The van der Waals surface area contributed by atoms with Crippen molar-refractivity contribution in [3.05, 3.63) is 56.5 Å². The molecule has 0 aliphatic heterocycles. The lowest BCUT2D eigenvalue weighted by Gasteiger charge is -2.11. The number of halogens is 4. The van der Waals surface area contributed by atoms with Crippen LogP contribution in [0.15, 0.2) is 39.3 Å². The summed E-state index contributed by atoms with van der Waals surface area (Å²) in [6.45, 7) is 0.0384. The van der Waals surface area contributed by atoms with Crippen LogP contribution in [0.5, 0.6) is 5.75 Å². The average Bonchev–Trinajstić information content (AvgIpc) is 2.42. The van der Waals surface area contributed by atoms with Crippen LogP contribution in [0.4, 0.5) is 14.5 Å². The quantitative estimate of drug-likeness (QED) is 0.712. The summed E-state index contributed by atoms with van der Waals surface area (Å²) in [6.07, 6.45) is 0. The Bertz CT molecular complexity index is 635. The largest absolute Gasteiger partial charge is 0.497 e. The molecular formula is C14H11Br2F2NO. The highest BCUT2D eigenvalue weighted by atomic mass is 79.9. The second kappa shape index (κ2) is 6.54. The van der Waals surface area contributed by atoms with Crippen LogP contribution in [0.3, 0.4) is 0 Å². The smallest absolute Gasteiger partial charge is 0.145 e. The first-order valence-electron chi connectivity index (χ1n) is 5.72. The van der Waals surface area contributed by atoms with E-state index in [-0.39, 0.29) is 16.6 Å². The zero-order valence-electron chi connectivity index (χ0n) is 10.5. The van der Waals surface area contributed by atoms with Gasteiger partial charge in [-0.1, -0.05) is 15.9 Å². The minimum atomic E-state index is -0.598. The van der Waals surface area contributed by atoms with Gasteiger partial charge in [0.05, 0.1) is 11.6 Å². The Labute approximate surface area is 132 Å². The standard InChI is InChI=1S/C14H11Br2F2NO/c1-20-10-5-8(15)4-9(6-10)19-7-11-13(17)3-2-12(16)14(11)18/h2-6,19H,7H2,1H3. The fraction of sp³-hybridized carbons (Fsp3) is 0.143. The lowest BCUT2D eigenvalue weighted by molar-refractivity contribution is 0.414. The number of hydrogen-bond donors (Lipinski definition) is 1. The van der Waals surface area contributed by atoms with Crippen molar-refractivity contribution in [2.45, 2.75) is 6.54 Å². The molecule has 6 heteroatoms. The van der Waals surface area contributed by atoms with Gasteiger partial charge >= 0.3 is 0 Å². The molecule has 2 aromatic rings. The normalized spacial score (nSPS) is 10.4. The first kappa shape index (κ1) is 15.3. The minimum Gasteiger partial charge on any atom is -0.497 e. The molecule has 20 heavy (non-hydrogen) atoms. The van der Waals surface area contributed by atoms with E-state index in [4.69, 9.17) is 4.74 Å². The summed E-state index contributed by atoms with van der Waals surface area (Å²) in [5.74, 6) is -0.531. The zero-order valence-corrected chi connectivity index (χ0v) is 13.7. The number of benzene rings is 2. The summed E-state index contributed by atoms with van der Waals surface area (Å²) < 4.78 is 33.6. The van der Waals surface area contributed by atoms with Crippen molar-refractivity contribution in [1.82, 2.24) is 0 Å². The number of hydrogen-bond acceptors (Lipinski definition) is 2. The molecule has 0 heterocycles. The van der Waals surface area contributed by atoms with Crippen LogP contribution in [-0.2, 0) is 6.54 Å². The van der Waals surface area contributed by atoms with Crippen molar-refractivity contribution >= 4 is 37.5 Å². The van der Waals surface area contributed by atoms with E-state index in [1.54, 1.807) is 25.3 Å².